The van der Waals surface area contributed by atoms with E-state index in [0.717, 1.165) is 29.7 Å². The lowest BCUT2D eigenvalue weighted by atomic mass is 9.89. The van der Waals surface area contributed by atoms with Gasteiger partial charge in [0.15, 0.2) is 0 Å². The van der Waals surface area contributed by atoms with Crippen LogP contribution in [0.15, 0.2) is 41.3 Å². The van der Waals surface area contributed by atoms with Gasteiger partial charge in [0.05, 0.1) is 17.7 Å². The predicted octanol–water partition coefficient (Wildman–Crippen LogP) is 3.66. The van der Waals surface area contributed by atoms with Crippen LogP contribution >= 0.6 is 0 Å². The number of aryl methyl sites for hydroxylation is 2. The Kier molecular flexibility index (Phi) is 6.35. The average molecular weight is 457 g/mol. The molecule has 1 fully saturated rings. The van der Waals surface area contributed by atoms with Crippen molar-refractivity contribution in [3.63, 3.8) is 0 Å². The Balaban J connectivity index is 1.65. The molecular weight excluding hydrogens is 428 g/mol. The van der Waals surface area contributed by atoms with Gasteiger partial charge >= 0.3 is 0 Å². The molecule has 0 unspecified atom stereocenters. The summed E-state index contributed by atoms with van der Waals surface area (Å²) in [6.07, 6.45) is 5.23. The van der Waals surface area contributed by atoms with E-state index in [4.69, 9.17) is 4.74 Å². The van der Waals surface area contributed by atoms with Gasteiger partial charge in [0.1, 0.15) is 5.75 Å². The zero-order valence-electron chi connectivity index (χ0n) is 18.4. The first-order valence-corrected chi connectivity index (χ1v) is 12.5. The van der Waals surface area contributed by atoms with Gasteiger partial charge in [-0.3, -0.25) is 9.59 Å². The second-order valence-corrected chi connectivity index (χ2v) is 9.99. The van der Waals surface area contributed by atoms with Crippen molar-refractivity contribution < 1.29 is 22.7 Å². The van der Waals surface area contributed by atoms with Gasteiger partial charge in [0.25, 0.3) is 0 Å². The lowest BCUT2D eigenvalue weighted by molar-refractivity contribution is -0.121. The number of rotatable bonds is 7. The summed E-state index contributed by atoms with van der Waals surface area (Å²) in [5, 5.41) is 0. The molecule has 2 aliphatic rings. The van der Waals surface area contributed by atoms with Crippen LogP contribution in [-0.4, -0.2) is 27.3 Å². The summed E-state index contributed by atoms with van der Waals surface area (Å²) in [4.78, 5) is 25.4. The summed E-state index contributed by atoms with van der Waals surface area (Å²) >= 11 is 0. The molecule has 1 aliphatic heterocycles. The minimum absolute atomic E-state index is 0.0165. The van der Waals surface area contributed by atoms with E-state index in [2.05, 4.69) is 16.9 Å². The molecule has 0 aromatic heterocycles. The fraction of sp³-hybridized carbons (Fsp3) is 0.417. The molecule has 7 nitrogen and oxygen atoms in total. The Bertz CT molecular complexity index is 1140. The largest absolute Gasteiger partial charge is 0.495 e. The highest BCUT2D eigenvalue weighted by Crippen LogP contribution is 2.35. The van der Waals surface area contributed by atoms with E-state index in [1.165, 1.54) is 42.9 Å². The highest BCUT2D eigenvalue weighted by molar-refractivity contribution is 7.89. The number of hydrogen-bond acceptors (Lipinski definition) is 5. The van der Waals surface area contributed by atoms with Crippen LogP contribution in [0.3, 0.4) is 0 Å². The number of carbonyl (C=O) groups is 2. The van der Waals surface area contributed by atoms with Crippen LogP contribution in [0, 0.1) is 0 Å². The fourth-order valence-electron chi connectivity index (χ4n) is 4.47. The lowest BCUT2D eigenvalue weighted by Gasteiger charge is -2.22. The van der Waals surface area contributed by atoms with E-state index in [1.807, 2.05) is 13.0 Å². The van der Waals surface area contributed by atoms with Crippen molar-refractivity contribution in [2.24, 2.45) is 0 Å². The molecule has 0 saturated carbocycles. The topological polar surface area (TPSA) is 92.8 Å². The summed E-state index contributed by atoms with van der Waals surface area (Å²) in [7, 11) is -2.49. The molecule has 1 heterocycles. The molecule has 4 rings (SSSR count). The molecule has 1 saturated heterocycles. The van der Waals surface area contributed by atoms with E-state index in [9.17, 15) is 18.0 Å². The molecule has 0 bridgehead atoms. The fourth-order valence-corrected chi connectivity index (χ4v) is 5.80. The van der Waals surface area contributed by atoms with Crippen LogP contribution in [0.1, 0.15) is 61.8 Å². The smallest absolute Gasteiger partial charge is 0.241 e. The number of ether oxygens (including phenoxy) is 1. The summed E-state index contributed by atoms with van der Waals surface area (Å²) in [5.74, 6) is -0.457. The molecule has 8 heteroatoms. The number of anilines is 1. The van der Waals surface area contributed by atoms with Gasteiger partial charge < -0.3 is 4.74 Å². The minimum Gasteiger partial charge on any atom is -0.495 e. The second-order valence-electron chi connectivity index (χ2n) is 8.27. The number of fused-ring (bicyclic) bond motifs is 1. The normalized spacial score (nSPS) is 17.4. The summed E-state index contributed by atoms with van der Waals surface area (Å²) in [6, 6.07) is 10.1. The van der Waals surface area contributed by atoms with E-state index in [1.54, 1.807) is 0 Å². The van der Waals surface area contributed by atoms with Gasteiger partial charge in [-0.15, -0.1) is 0 Å². The maximum Gasteiger partial charge on any atom is 0.241 e. The van der Waals surface area contributed by atoms with Gasteiger partial charge in [-0.2, -0.15) is 0 Å². The van der Waals surface area contributed by atoms with Crippen molar-refractivity contribution in [3.05, 3.63) is 53.1 Å². The van der Waals surface area contributed by atoms with Gasteiger partial charge in [0, 0.05) is 18.9 Å². The zero-order chi connectivity index (χ0) is 22.9. The van der Waals surface area contributed by atoms with Crippen LogP contribution in [0.4, 0.5) is 5.69 Å². The van der Waals surface area contributed by atoms with Crippen LogP contribution in [0.2, 0.25) is 0 Å². The SMILES string of the molecule is CC[C@H](NS(=O)(=O)c1ccc(OC)c(N2C(=O)CCC2=O)c1)c1ccc2c(c1)CCCC2. The zero-order valence-corrected chi connectivity index (χ0v) is 19.2. The van der Waals surface area contributed by atoms with Gasteiger partial charge in [-0.05, 0) is 67.0 Å². The van der Waals surface area contributed by atoms with Crippen LogP contribution in [0.5, 0.6) is 5.75 Å². The number of imide groups is 1. The highest BCUT2D eigenvalue weighted by atomic mass is 32.2. The number of methoxy groups -OCH3 is 1. The third-order valence-electron chi connectivity index (χ3n) is 6.23. The lowest BCUT2D eigenvalue weighted by Crippen LogP contribution is -2.31. The van der Waals surface area contributed by atoms with Gasteiger partial charge in [-0.1, -0.05) is 25.1 Å². The number of nitrogens with zero attached hydrogens (tertiary/aromatic N) is 1. The summed E-state index contributed by atoms with van der Waals surface area (Å²) in [5.41, 5.74) is 3.74. The first kappa shape index (κ1) is 22.5. The average Bonchev–Trinajstić information content (AvgIpc) is 3.14. The van der Waals surface area contributed by atoms with E-state index < -0.39 is 10.0 Å². The Hall–Kier alpha value is -2.71. The maximum absolute atomic E-state index is 13.3. The van der Waals surface area contributed by atoms with Gasteiger partial charge in [-0.25, -0.2) is 18.0 Å². The van der Waals surface area contributed by atoms with Crippen molar-refractivity contribution in [3.8, 4) is 5.75 Å². The molecular formula is C24H28N2O5S. The number of carbonyl (C=O) groups excluding carboxylic acids is 2. The Labute approximate surface area is 188 Å². The minimum atomic E-state index is -3.91. The maximum atomic E-state index is 13.3. The Morgan fingerprint density at radius 1 is 0.969 bits per heavy atom. The second kappa shape index (κ2) is 9.03. The number of benzene rings is 2. The Morgan fingerprint density at radius 3 is 2.31 bits per heavy atom. The molecule has 170 valence electrons. The molecule has 2 aromatic carbocycles. The number of nitrogens with one attached hydrogen (secondary N) is 1. The van der Waals surface area contributed by atoms with Crippen molar-refractivity contribution in [1.82, 2.24) is 4.72 Å². The molecule has 0 radical (unpaired) electrons. The predicted molar refractivity (Wildman–Crippen MR) is 121 cm³/mol. The monoisotopic (exact) mass is 456 g/mol. The van der Waals surface area contributed by atoms with E-state index >= 15 is 0 Å². The summed E-state index contributed by atoms with van der Waals surface area (Å²) < 4.78 is 34.6. The third-order valence-corrected chi connectivity index (χ3v) is 7.70. The molecule has 32 heavy (non-hydrogen) atoms. The van der Waals surface area contributed by atoms with Crippen molar-refractivity contribution in [2.45, 2.75) is 62.8 Å². The number of hydrogen-bond donors (Lipinski definition) is 1. The molecule has 0 spiro atoms. The van der Waals surface area contributed by atoms with Crippen molar-refractivity contribution >= 4 is 27.5 Å². The molecule has 1 aliphatic carbocycles. The van der Waals surface area contributed by atoms with Crippen molar-refractivity contribution in [1.29, 1.82) is 0 Å². The highest BCUT2D eigenvalue weighted by Gasteiger charge is 2.33. The summed E-state index contributed by atoms with van der Waals surface area (Å²) in [6.45, 7) is 1.94. The van der Waals surface area contributed by atoms with Crippen molar-refractivity contribution in [2.75, 3.05) is 12.0 Å². The van der Waals surface area contributed by atoms with E-state index in [0.29, 0.717) is 6.42 Å². The molecule has 1 N–H and O–H groups in total. The van der Waals surface area contributed by atoms with Crippen LogP contribution in [-0.2, 0) is 32.5 Å². The van der Waals surface area contributed by atoms with E-state index in [-0.39, 0.29) is 47.0 Å². The van der Waals surface area contributed by atoms with Crippen LogP contribution in [0.25, 0.3) is 0 Å². The standard InChI is InChI=1S/C24H28N2O5S/c1-3-20(18-9-8-16-6-4-5-7-17(16)14-18)25-32(29,30)19-10-11-22(31-2)21(15-19)26-23(27)12-13-24(26)28/h8-11,14-15,20,25H,3-7,12-13H2,1-2H3/t20-/m0/s1. The first-order chi connectivity index (χ1) is 15.3. The Morgan fingerprint density at radius 2 is 1.66 bits per heavy atom. The molecule has 1 atom stereocenters. The number of amides is 2. The number of sulfonamides is 1. The quantitative estimate of drug-likeness (QED) is 0.642. The third kappa shape index (κ3) is 4.29. The first-order valence-electron chi connectivity index (χ1n) is 11.0. The molecule has 2 aromatic rings. The van der Waals surface area contributed by atoms with Gasteiger partial charge in [0.2, 0.25) is 21.8 Å². The molecule has 2 amide bonds. The van der Waals surface area contributed by atoms with Crippen LogP contribution < -0.4 is 14.4 Å².